The molecule has 3 nitrogen and oxygen atoms in total. The van der Waals surface area contributed by atoms with Gasteiger partial charge in [0, 0.05) is 24.0 Å². The minimum absolute atomic E-state index is 0. The van der Waals surface area contributed by atoms with Gasteiger partial charge in [0.25, 0.3) is 0 Å². The molecule has 1 saturated heterocycles. The van der Waals surface area contributed by atoms with E-state index in [1.807, 2.05) is 12.1 Å². The van der Waals surface area contributed by atoms with Crippen LogP contribution in [0.5, 0.6) is 0 Å². The SMILES string of the molecule is CC1(C)CCC(C(O)c2ccncc2)N1.Cl.Cl. The molecule has 0 amide bonds. The summed E-state index contributed by atoms with van der Waals surface area (Å²) in [4.78, 5) is 3.95. The fraction of sp³-hybridized carbons (Fsp3) is 0.583. The minimum atomic E-state index is -0.422. The monoisotopic (exact) mass is 278 g/mol. The van der Waals surface area contributed by atoms with E-state index in [0.717, 1.165) is 18.4 Å². The summed E-state index contributed by atoms with van der Waals surface area (Å²) in [7, 11) is 0. The number of aliphatic hydroxyl groups excluding tert-OH is 1. The molecule has 0 saturated carbocycles. The number of halogens is 2. The molecule has 98 valence electrons. The van der Waals surface area contributed by atoms with Gasteiger partial charge in [-0.2, -0.15) is 0 Å². The second kappa shape index (κ2) is 6.55. The molecule has 1 aromatic heterocycles. The van der Waals surface area contributed by atoms with E-state index < -0.39 is 6.10 Å². The van der Waals surface area contributed by atoms with Crippen LogP contribution in [0, 0.1) is 0 Å². The molecule has 1 aliphatic rings. The van der Waals surface area contributed by atoms with Crippen molar-refractivity contribution in [1.29, 1.82) is 0 Å². The van der Waals surface area contributed by atoms with E-state index in [-0.39, 0.29) is 36.4 Å². The zero-order chi connectivity index (χ0) is 10.9. The van der Waals surface area contributed by atoms with Gasteiger partial charge in [0.2, 0.25) is 0 Å². The topological polar surface area (TPSA) is 45.2 Å². The Hall–Kier alpha value is -0.350. The van der Waals surface area contributed by atoms with E-state index in [1.54, 1.807) is 12.4 Å². The third-order valence-electron chi connectivity index (χ3n) is 3.09. The van der Waals surface area contributed by atoms with Crippen molar-refractivity contribution >= 4 is 24.8 Å². The summed E-state index contributed by atoms with van der Waals surface area (Å²) in [6, 6.07) is 3.91. The predicted molar refractivity (Wildman–Crippen MR) is 73.9 cm³/mol. The van der Waals surface area contributed by atoms with E-state index in [4.69, 9.17) is 0 Å². The molecule has 2 N–H and O–H groups in total. The second-order valence-corrected chi connectivity index (χ2v) is 4.90. The Balaban J connectivity index is 0.00000128. The molecule has 0 radical (unpaired) electrons. The van der Waals surface area contributed by atoms with Gasteiger partial charge in [-0.25, -0.2) is 0 Å². The van der Waals surface area contributed by atoms with Crippen LogP contribution >= 0.6 is 24.8 Å². The first kappa shape index (κ1) is 16.6. The summed E-state index contributed by atoms with van der Waals surface area (Å²) < 4.78 is 0. The van der Waals surface area contributed by atoms with Gasteiger partial charge in [-0.3, -0.25) is 4.98 Å². The highest BCUT2D eigenvalue weighted by atomic mass is 35.5. The molecule has 0 aliphatic carbocycles. The van der Waals surface area contributed by atoms with Crippen molar-refractivity contribution in [3.05, 3.63) is 30.1 Å². The number of aliphatic hydroxyl groups is 1. The molecule has 0 aromatic carbocycles. The molecule has 1 fully saturated rings. The zero-order valence-corrected chi connectivity index (χ0v) is 11.7. The standard InChI is InChI=1S/C12H18N2O.2ClH/c1-12(2)6-3-10(14-12)11(15)9-4-7-13-8-5-9;;/h4-5,7-8,10-11,14-15H,3,6H2,1-2H3;2*1H. The van der Waals surface area contributed by atoms with Gasteiger partial charge < -0.3 is 10.4 Å². The number of pyridine rings is 1. The molecular weight excluding hydrogens is 259 g/mol. The first-order chi connectivity index (χ1) is 7.08. The maximum atomic E-state index is 10.2. The molecular formula is C12H20Cl2N2O. The van der Waals surface area contributed by atoms with Crippen molar-refractivity contribution in [3.8, 4) is 0 Å². The Morgan fingerprint density at radius 1 is 1.35 bits per heavy atom. The highest BCUT2D eigenvalue weighted by molar-refractivity contribution is 5.85. The smallest absolute Gasteiger partial charge is 0.0944 e. The number of nitrogens with one attached hydrogen (secondary N) is 1. The van der Waals surface area contributed by atoms with Crippen molar-refractivity contribution in [2.24, 2.45) is 0 Å². The van der Waals surface area contributed by atoms with Crippen molar-refractivity contribution in [2.75, 3.05) is 0 Å². The molecule has 2 unspecified atom stereocenters. The van der Waals surface area contributed by atoms with Crippen LogP contribution in [0.4, 0.5) is 0 Å². The highest BCUT2D eigenvalue weighted by Gasteiger charge is 2.34. The first-order valence-electron chi connectivity index (χ1n) is 5.44. The number of rotatable bonds is 2. The molecule has 2 heterocycles. The molecule has 1 aromatic rings. The molecule has 2 rings (SSSR count). The normalized spacial score (nSPS) is 23.4. The predicted octanol–water partition coefficient (Wildman–Crippen LogP) is 2.49. The van der Waals surface area contributed by atoms with E-state index in [0.29, 0.717) is 0 Å². The lowest BCUT2D eigenvalue weighted by molar-refractivity contribution is 0.131. The van der Waals surface area contributed by atoms with Gasteiger partial charge in [-0.1, -0.05) is 0 Å². The summed E-state index contributed by atoms with van der Waals surface area (Å²) in [5.41, 5.74) is 1.10. The molecule has 2 atom stereocenters. The van der Waals surface area contributed by atoms with Crippen LogP contribution in [0.1, 0.15) is 38.4 Å². The van der Waals surface area contributed by atoms with Gasteiger partial charge in [0.05, 0.1) is 6.10 Å². The lowest BCUT2D eigenvalue weighted by Gasteiger charge is -2.23. The van der Waals surface area contributed by atoms with Crippen molar-refractivity contribution in [2.45, 2.75) is 44.4 Å². The van der Waals surface area contributed by atoms with Crippen LogP contribution < -0.4 is 5.32 Å². The maximum absolute atomic E-state index is 10.2. The average molecular weight is 279 g/mol. The van der Waals surface area contributed by atoms with E-state index in [2.05, 4.69) is 24.1 Å². The fourth-order valence-corrected chi connectivity index (χ4v) is 2.19. The molecule has 5 heteroatoms. The number of nitrogens with zero attached hydrogens (tertiary/aromatic N) is 1. The van der Waals surface area contributed by atoms with Crippen LogP contribution in [-0.4, -0.2) is 21.7 Å². The van der Waals surface area contributed by atoms with E-state index in [9.17, 15) is 5.11 Å². The lowest BCUT2D eigenvalue weighted by Crippen LogP contribution is -2.40. The third-order valence-corrected chi connectivity index (χ3v) is 3.09. The van der Waals surface area contributed by atoms with Crippen molar-refractivity contribution in [3.63, 3.8) is 0 Å². The van der Waals surface area contributed by atoms with Crippen LogP contribution in [0.15, 0.2) is 24.5 Å². The Bertz CT molecular complexity index is 333. The summed E-state index contributed by atoms with van der Waals surface area (Å²) in [5.74, 6) is 0. The molecule has 0 bridgehead atoms. The number of aromatic nitrogens is 1. The van der Waals surface area contributed by atoms with E-state index >= 15 is 0 Å². The Labute approximate surface area is 115 Å². The highest BCUT2D eigenvalue weighted by Crippen LogP contribution is 2.29. The Morgan fingerprint density at radius 2 is 1.94 bits per heavy atom. The number of hydrogen-bond acceptors (Lipinski definition) is 3. The molecule has 17 heavy (non-hydrogen) atoms. The average Bonchev–Trinajstić information content (AvgIpc) is 2.59. The molecule has 1 aliphatic heterocycles. The minimum Gasteiger partial charge on any atom is -0.387 e. The maximum Gasteiger partial charge on any atom is 0.0944 e. The van der Waals surface area contributed by atoms with Gasteiger partial charge in [0.15, 0.2) is 0 Å². The summed E-state index contributed by atoms with van der Waals surface area (Å²) in [5, 5.41) is 13.6. The van der Waals surface area contributed by atoms with Crippen LogP contribution in [0.3, 0.4) is 0 Å². The lowest BCUT2D eigenvalue weighted by atomic mass is 10.0. The first-order valence-corrected chi connectivity index (χ1v) is 5.44. The zero-order valence-electron chi connectivity index (χ0n) is 10.1. The quantitative estimate of drug-likeness (QED) is 0.874. The van der Waals surface area contributed by atoms with Gasteiger partial charge in [0.1, 0.15) is 0 Å². The van der Waals surface area contributed by atoms with E-state index in [1.165, 1.54) is 0 Å². The van der Waals surface area contributed by atoms with Crippen molar-refractivity contribution in [1.82, 2.24) is 10.3 Å². The summed E-state index contributed by atoms with van der Waals surface area (Å²) in [6.07, 6.45) is 5.16. The second-order valence-electron chi connectivity index (χ2n) is 4.90. The summed E-state index contributed by atoms with van der Waals surface area (Å²) >= 11 is 0. The van der Waals surface area contributed by atoms with Crippen LogP contribution in [-0.2, 0) is 0 Å². The molecule has 0 spiro atoms. The largest absolute Gasteiger partial charge is 0.387 e. The van der Waals surface area contributed by atoms with Crippen LogP contribution in [0.2, 0.25) is 0 Å². The Morgan fingerprint density at radius 3 is 2.41 bits per heavy atom. The Kier molecular flexibility index (Phi) is 6.41. The summed E-state index contributed by atoms with van der Waals surface area (Å²) in [6.45, 7) is 4.35. The number of hydrogen-bond donors (Lipinski definition) is 2. The van der Waals surface area contributed by atoms with Gasteiger partial charge >= 0.3 is 0 Å². The van der Waals surface area contributed by atoms with Gasteiger partial charge in [-0.05, 0) is 44.4 Å². The van der Waals surface area contributed by atoms with Crippen molar-refractivity contribution < 1.29 is 5.11 Å². The van der Waals surface area contributed by atoms with Crippen LogP contribution in [0.25, 0.3) is 0 Å². The van der Waals surface area contributed by atoms with Gasteiger partial charge in [-0.15, -0.1) is 24.8 Å². The fourth-order valence-electron chi connectivity index (χ4n) is 2.19. The third kappa shape index (κ3) is 4.11.